The summed E-state index contributed by atoms with van der Waals surface area (Å²) in [6.45, 7) is 7.80. The van der Waals surface area contributed by atoms with E-state index >= 15 is 0 Å². The van der Waals surface area contributed by atoms with Gasteiger partial charge >= 0.3 is 0 Å². The van der Waals surface area contributed by atoms with Gasteiger partial charge in [-0.15, -0.1) is 0 Å². The maximum absolute atomic E-state index is 13.1. The fraction of sp³-hybridized carbons (Fsp3) is 0.316. The number of nitro benzene ring substituents is 1. The van der Waals surface area contributed by atoms with Crippen LogP contribution >= 0.6 is 0 Å². The van der Waals surface area contributed by atoms with E-state index in [1.807, 2.05) is 20.8 Å². The van der Waals surface area contributed by atoms with Gasteiger partial charge in [0.2, 0.25) is 0 Å². The summed E-state index contributed by atoms with van der Waals surface area (Å²) in [4.78, 5) is 25.2. The maximum Gasteiger partial charge on any atom is 0.273 e. The molecule has 2 rings (SSSR count). The second-order valence-corrected chi connectivity index (χ2v) is 6.76. The van der Waals surface area contributed by atoms with E-state index < -0.39 is 16.2 Å². The summed E-state index contributed by atoms with van der Waals surface area (Å²) in [6, 6.07) is 10.1. The number of carbonyl (C=O) groups excluding carboxylic acids is 1. The highest BCUT2D eigenvalue weighted by molar-refractivity contribution is 6.06. The Morgan fingerprint density at radius 1 is 1.16 bits per heavy atom. The van der Waals surface area contributed by atoms with Crippen LogP contribution in [0.4, 0.5) is 15.8 Å². The Morgan fingerprint density at radius 2 is 1.76 bits per heavy atom. The Labute approximate surface area is 146 Å². The van der Waals surface area contributed by atoms with Crippen molar-refractivity contribution in [1.82, 2.24) is 0 Å². The molecule has 6 heteroatoms. The molecule has 0 saturated heterocycles. The molecule has 1 amide bonds. The summed E-state index contributed by atoms with van der Waals surface area (Å²) < 4.78 is 13.1. The largest absolute Gasteiger partial charge is 0.309 e. The van der Waals surface area contributed by atoms with Crippen molar-refractivity contribution in [2.45, 2.75) is 33.1 Å². The number of halogens is 1. The first-order chi connectivity index (χ1) is 11.6. The number of nitrogens with zero attached hydrogens (tertiary/aromatic N) is 2. The SMILES string of the molecule is CCN(C(=O)c1ccc(C(C)(C)C)c([N+](=O)[O-])c1)c1ccc(F)cc1. The number of nitro groups is 1. The predicted molar refractivity (Wildman–Crippen MR) is 95.5 cm³/mol. The van der Waals surface area contributed by atoms with Crippen molar-refractivity contribution >= 4 is 17.3 Å². The Bertz CT molecular complexity index is 795. The monoisotopic (exact) mass is 344 g/mol. The molecule has 2 aromatic carbocycles. The van der Waals surface area contributed by atoms with Crippen molar-refractivity contribution in [3.05, 3.63) is 69.5 Å². The van der Waals surface area contributed by atoms with Gasteiger partial charge < -0.3 is 4.90 Å². The normalized spacial score (nSPS) is 11.2. The van der Waals surface area contributed by atoms with E-state index in [9.17, 15) is 19.3 Å². The van der Waals surface area contributed by atoms with Crippen LogP contribution in [0.15, 0.2) is 42.5 Å². The van der Waals surface area contributed by atoms with E-state index in [1.54, 1.807) is 19.1 Å². The number of rotatable bonds is 4. The number of hydrogen-bond donors (Lipinski definition) is 0. The first-order valence-electron chi connectivity index (χ1n) is 8.01. The van der Waals surface area contributed by atoms with Crippen molar-refractivity contribution in [2.75, 3.05) is 11.4 Å². The molecule has 0 spiro atoms. The number of hydrogen-bond acceptors (Lipinski definition) is 3. The molecule has 0 heterocycles. The van der Waals surface area contributed by atoms with Gasteiger partial charge in [-0.25, -0.2) is 4.39 Å². The number of benzene rings is 2. The molecule has 2 aromatic rings. The minimum absolute atomic E-state index is 0.0755. The lowest BCUT2D eigenvalue weighted by atomic mass is 9.85. The summed E-state index contributed by atoms with van der Waals surface area (Å²) in [5, 5.41) is 11.4. The summed E-state index contributed by atoms with van der Waals surface area (Å²) in [6.07, 6.45) is 0. The van der Waals surface area contributed by atoms with Crippen molar-refractivity contribution < 1.29 is 14.1 Å². The van der Waals surface area contributed by atoms with Crippen molar-refractivity contribution in [1.29, 1.82) is 0 Å². The molecule has 132 valence electrons. The predicted octanol–water partition coefficient (Wildman–Crippen LogP) is 4.70. The van der Waals surface area contributed by atoms with Crippen LogP contribution in [-0.4, -0.2) is 17.4 Å². The van der Waals surface area contributed by atoms with Crippen LogP contribution in [0, 0.1) is 15.9 Å². The molecule has 0 aromatic heterocycles. The Morgan fingerprint density at radius 3 is 2.24 bits per heavy atom. The quantitative estimate of drug-likeness (QED) is 0.596. The molecule has 0 fully saturated rings. The number of anilines is 1. The van der Waals surface area contributed by atoms with E-state index in [0.29, 0.717) is 17.8 Å². The standard InChI is InChI=1S/C19H21FN2O3/c1-5-21(15-9-7-14(20)8-10-15)18(23)13-6-11-16(19(2,3)4)17(12-13)22(24)25/h6-12H,5H2,1-4H3. The second-order valence-electron chi connectivity index (χ2n) is 6.76. The first-order valence-corrected chi connectivity index (χ1v) is 8.01. The minimum atomic E-state index is -0.467. The van der Waals surface area contributed by atoms with Gasteiger partial charge in [-0.2, -0.15) is 0 Å². The molecule has 0 radical (unpaired) electrons. The van der Waals surface area contributed by atoms with Crippen molar-refractivity contribution in [3.63, 3.8) is 0 Å². The average Bonchev–Trinajstić information content (AvgIpc) is 2.55. The minimum Gasteiger partial charge on any atom is -0.309 e. The summed E-state index contributed by atoms with van der Waals surface area (Å²) in [5.41, 5.74) is 0.848. The van der Waals surface area contributed by atoms with Gasteiger partial charge in [0.05, 0.1) is 4.92 Å². The van der Waals surface area contributed by atoms with Crippen LogP contribution in [0.2, 0.25) is 0 Å². The lowest BCUT2D eigenvalue weighted by Gasteiger charge is -2.22. The fourth-order valence-electron chi connectivity index (χ4n) is 2.67. The first kappa shape index (κ1) is 18.6. The van der Waals surface area contributed by atoms with Gasteiger partial charge in [0.25, 0.3) is 11.6 Å². The lowest BCUT2D eigenvalue weighted by Crippen LogP contribution is -2.30. The molecule has 5 nitrogen and oxygen atoms in total. The highest BCUT2D eigenvalue weighted by Crippen LogP contribution is 2.32. The van der Waals surface area contributed by atoms with E-state index in [-0.39, 0.29) is 17.2 Å². The van der Waals surface area contributed by atoms with Crippen LogP contribution in [0.25, 0.3) is 0 Å². The highest BCUT2D eigenvalue weighted by atomic mass is 19.1. The molecule has 0 atom stereocenters. The van der Waals surface area contributed by atoms with Crippen LogP contribution < -0.4 is 4.90 Å². The van der Waals surface area contributed by atoms with Gasteiger partial charge in [0.15, 0.2) is 0 Å². The molecular formula is C19H21FN2O3. The Balaban J connectivity index is 2.46. The van der Waals surface area contributed by atoms with Gasteiger partial charge in [-0.05, 0) is 42.7 Å². The third-order valence-corrected chi connectivity index (χ3v) is 3.95. The Kier molecular flexibility index (Phi) is 5.21. The zero-order chi connectivity index (χ0) is 18.8. The zero-order valence-electron chi connectivity index (χ0n) is 14.7. The zero-order valence-corrected chi connectivity index (χ0v) is 14.7. The molecule has 0 saturated carbocycles. The smallest absolute Gasteiger partial charge is 0.273 e. The maximum atomic E-state index is 13.1. The molecular weight excluding hydrogens is 323 g/mol. The summed E-state index contributed by atoms with van der Waals surface area (Å²) >= 11 is 0. The van der Waals surface area contributed by atoms with Gasteiger partial charge in [-0.1, -0.05) is 26.8 Å². The van der Waals surface area contributed by atoms with Gasteiger partial charge in [0, 0.05) is 29.4 Å². The van der Waals surface area contributed by atoms with Crippen LogP contribution in [0.3, 0.4) is 0 Å². The summed E-state index contributed by atoms with van der Waals surface area (Å²) in [7, 11) is 0. The Hall–Kier alpha value is -2.76. The topological polar surface area (TPSA) is 63.5 Å². The molecule has 0 N–H and O–H groups in total. The van der Waals surface area contributed by atoms with Crippen LogP contribution in [0.5, 0.6) is 0 Å². The van der Waals surface area contributed by atoms with E-state index in [2.05, 4.69) is 0 Å². The van der Waals surface area contributed by atoms with E-state index in [1.165, 1.54) is 35.2 Å². The highest BCUT2D eigenvalue weighted by Gasteiger charge is 2.27. The molecule has 25 heavy (non-hydrogen) atoms. The van der Waals surface area contributed by atoms with E-state index in [0.717, 1.165) is 0 Å². The number of carbonyl (C=O) groups is 1. The van der Waals surface area contributed by atoms with E-state index in [4.69, 9.17) is 0 Å². The third kappa shape index (κ3) is 4.02. The molecule has 0 aliphatic carbocycles. The van der Waals surface area contributed by atoms with Crippen LogP contribution in [0.1, 0.15) is 43.6 Å². The van der Waals surface area contributed by atoms with Crippen LogP contribution in [-0.2, 0) is 5.41 Å². The fourth-order valence-corrected chi connectivity index (χ4v) is 2.67. The molecule has 0 unspecified atom stereocenters. The molecule has 0 aliphatic heterocycles. The van der Waals surface area contributed by atoms with Gasteiger partial charge in [-0.3, -0.25) is 14.9 Å². The number of amides is 1. The van der Waals surface area contributed by atoms with Gasteiger partial charge in [0.1, 0.15) is 5.82 Å². The third-order valence-electron chi connectivity index (χ3n) is 3.95. The second kappa shape index (κ2) is 7.01. The van der Waals surface area contributed by atoms with Crippen molar-refractivity contribution in [2.24, 2.45) is 0 Å². The van der Waals surface area contributed by atoms with Crippen molar-refractivity contribution in [3.8, 4) is 0 Å². The lowest BCUT2D eigenvalue weighted by molar-refractivity contribution is -0.386. The molecule has 0 bridgehead atoms. The summed E-state index contributed by atoms with van der Waals surface area (Å²) in [5.74, 6) is -0.755. The average molecular weight is 344 g/mol. The molecule has 0 aliphatic rings.